The molecule has 0 saturated carbocycles. The minimum atomic E-state index is -0.967. The van der Waals surface area contributed by atoms with Crippen LogP contribution >= 0.6 is 0 Å². The van der Waals surface area contributed by atoms with Crippen LogP contribution in [-0.4, -0.2) is 60.4 Å². The molecule has 0 bridgehead atoms. The molecule has 2 aromatic carbocycles. The number of carbonyl (C=O) groups excluding carboxylic acids is 4. The summed E-state index contributed by atoms with van der Waals surface area (Å²) in [5, 5.41) is 1.95. The Morgan fingerprint density at radius 3 is 2.43 bits per heavy atom. The molecule has 5 amide bonds. The minimum absolute atomic E-state index is 0.128. The maximum absolute atomic E-state index is 13.3. The summed E-state index contributed by atoms with van der Waals surface area (Å²) in [6.07, 6.45) is 2.49. The van der Waals surface area contributed by atoms with Crippen molar-refractivity contribution in [1.29, 1.82) is 0 Å². The first-order valence-corrected chi connectivity index (χ1v) is 11.4. The molecule has 0 aliphatic carbocycles. The first-order valence-electron chi connectivity index (χ1n) is 11.4. The normalized spacial score (nSPS) is 16.5. The highest BCUT2D eigenvalue weighted by atomic mass is 19.1. The van der Waals surface area contributed by atoms with E-state index in [2.05, 4.69) is 0 Å². The van der Waals surface area contributed by atoms with Crippen LogP contribution in [0.15, 0.2) is 42.5 Å². The number of urea groups is 1. The number of ether oxygens (including phenoxy) is 2. The predicted molar refractivity (Wildman–Crippen MR) is 122 cm³/mol. The van der Waals surface area contributed by atoms with Gasteiger partial charge in [0, 0.05) is 13.1 Å². The lowest BCUT2D eigenvalue weighted by molar-refractivity contribution is -0.140. The van der Waals surface area contributed by atoms with Gasteiger partial charge in [0.1, 0.15) is 17.3 Å². The van der Waals surface area contributed by atoms with Gasteiger partial charge >= 0.3 is 17.8 Å². The molecule has 35 heavy (non-hydrogen) atoms. The van der Waals surface area contributed by atoms with Crippen molar-refractivity contribution in [3.05, 3.63) is 59.4 Å². The van der Waals surface area contributed by atoms with Crippen molar-refractivity contribution in [2.24, 2.45) is 5.92 Å². The number of rotatable bonds is 8. The van der Waals surface area contributed by atoms with E-state index in [0.29, 0.717) is 48.2 Å². The fourth-order valence-electron chi connectivity index (χ4n) is 4.25. The summed E-state index contributed by atoms with van der Waals surface area (Å²) in [5.41, 5.74) is 0.863. The Labute approximate surface area is 201 Å². The van der Waals surface area contributed by atoms with Crippen LogP contribution in [0.2, 0.25) is 0 Å². The lowest BCUT2D eigenvalue weighted by atomic mass is 9.93. The van der Waals surface area contributed by atoms with Crippen LogP contribution < -0.4 is 14.8 Å². The van der Waals surface area contributed by atoms with E-state index in [0.717, 1.165) is 24.2 Å². The van der Waals surface area contributed by atoms with E-state index in [1.54, 1.807) is 35.2 Å². The summed E-state index contributed by atoms with van der Waals surface area (Å²) < 4.78 is 24.0. The van der Waals surface area contributed by atoms with E-state index >= 15 is 0 Å². The molecule has 4 rings (SSSR count). The number of halogens is 1. The van der Waals surface area contributed by atoms with E-state index in [9.17, 15) is 23.6 Å². The quantitative estimate of drug-likeness (QED) is 0.457. The maximum atomic E-state index is 13.3. The number of methoxy groups -OCH3 is 1. The number of amides is 5. The van der Waals surface area contributed by atoms with Gasteiger partial charge in [0.15, 0.2) is 0 Å². The maximum Gasteiger partial charge on any atom is 0.331 e. The number of benzene rings is 2. The van der Waals surface area contributed by atoms with Crippen molar-refractivity contribution < 1.29 is 33.0 Å². The van der Waals surface area contributed by atoms with Gasteiger partial charge in [0.2, 0.25) is 0 Å². The Bertz CT molecular complexity index is 1130. The molecule has 1 N–H and O–H groups in total. The molecule has 2 heterocycles. The molecule has 2 aliphatic rings. The van der Waals surface area contributed by atoms with Crippen LogP contribution in [0.1, 0.15) is 35.2 Å². The van der Waals surface area contributed by atoms with Crippen LogP contribution in [0.25, 0.3) is 0 Å². The van der Waals surface area contributed by atoms with Gasteiger partial charge in [-0.15, -0.1) is 0 Å². The number of carbonyl (C=O) groups is 4. The molecule has 2 aromatic rings. The number of hydrogen-bond donors (Lipinski definition) is 1. The van der Waals surface area contributed by atoms with Crippen molar-refractivity contribution in [3.8, 4) is 11.5 Å². The van der Waals surface area contributed by atoms with E-state index in [-0.39, 0.29) is 18.3 Å². The monoisotopic (exact) mass is 483 g/mol. The van der Waals surface area contributed by atoms with Crippen LogP contribution in [-0.2, 0) is 16.1 Å². The molecule has 0 aromatic heterocycles. The van der Waals surface area contributed by atoms with Crippen molar-refractivity contribution in [2.75, 3.05) is 26.8 Å². The Hall–Kier alpha value is -3.95. The van der Waals surface area contributed by atoms with Gasteiger partial charge in [0.05, 0.1) is 25.8 Å². The zero-order valence-electron chi connectivity index (χ0n) is 19.3. The van der Waals surface area contributed by atoms with E-state index in [4.69, 9.17) is 9.47 Å². The molecule has 9 nitrogen and oxygen atoms in total. The van der Waals surface area contributed by atoms with Gasteiger partial charge in [-0.2, -0.15) is 0 Å². The van der Waals surface area contributed by atoms with Gasteiger partial charge < -0.3 is 14.4 Å². The molecule has 10 heteroatoms. The van der Waals surface area contributed by atoms with E-state index in [1.165, 1.54) is 19.2 Å². The molecule has 2 fully saturated rings. The number of hydrogen-bond acceptors (Lipinski definition) is 6. The number of nitrogens with one attached hydrogen (secondary N) is 1. The third-order valence-electron chi connectivity index (χ3n) is 6.25. The number of piperidine rings is 1. The van der Waals surface area contributed by atoms with Gasteiger partial charge in [-0.3, -0.25) is 24.6 Å². The largest absolute Gasteiger partial charge is 0.496 e. The number of likely N-dealkylation sites (tertiary alicyclic amines) is 1. The third kappa shape index (κ3) is 5.59. The van der Waals surface area contributed by atoms with Crippen LogP contribution in [0, 0.1) is 11.7 Å². The summed E-state index contributed by atoms with van der Waals surface area (Å²) >= 11 is 0. The fourth-order valence-corrected chi connectivity index (χ4v) is 4.25. The molecule has 2 aliphatic heterocycles. The van der Waals surface area contributed by atoms with Crippen molar-refractivity contribution in [2.45, 2.75) is 25.8 Å². The lowest BCUT2D eigenvalue weighted by Gasteiger charge is -2.32. The second kappa shape index (κ2) is 10.5. The average Bonchev–Trinajstić information content (AvgIpc) is 3.11. The Balaban J connectivity index is 1.33. The van der Waals surface area contributed by atoms with Crippen LogP contribution in [0.5, 0.6) is 11.5 Å². The molecule has 184 valence electrons. The zero-order chi connectivity index (χ0) is 24.9. The molecule has 0 spiro atoms. The second-order valence-electron chi connectivity index (χ2n) is 8.51. The SMILES string of the molecule is COc1ccc(CN2C(=O)NC(=O)C2=O)cc1C(=O)N1CCC(CCOc2ccc(F)cc2)CC1. The van der Waals surface area contributed by atoms with Gasteiger partial charge in [-0.25, -0.2) is 9.18 Å². The third-order valence-corrected chi connectivity index (χ3v) is 6.25. The molecular formula is C25H26FN3O6. The van der Waals surface area contributed by atoms with E-state index < -0.39 is 17.8 Å². The van der Waals surface area contributed by atoms with Crippen LogP contribution in [0.3, 0.4) is 0 Å². The smallest absolute Gasteiger partial charge is 0.331 e. The standard InChI is InChI=1S/C25H26FN3O6/c1-34-21-7-2-17(15-29-24(32)22(30)27-25(29)33)14-20(21)23(31)28-11-8-16(9-12-28)10-13-35-19-5-3-18(26)4-6-19/h2-7,14,16H,8-13,15H2,1H3,(H,27,30,33). The first-order chi connectivity index (χ1) is 16.9. The second-order valence-corrected chi connectivity index (χ2v) is 8.51. The number of nitrogens with zero attached hydrogens (tertiary/aromatic N) is 2. The zero-order valence-corrected chi connectivity index (χ0v) is 19.3. The summed E-state index contributed by atoms with van der Waals surface area (Å²) in [5.74, 6) is -0.968. The lowest BCUT2D eigenvalue weighted by Crippen LogP contribution is -2.39. The Kier molecular flexibility index (Phi) is 7.28. The first kappa shape index (κ1) is 24.2. The highest BCUT2D eigenvalue weighted by Gasteiger charge is 2.37. The van der Waals surface area contributed by atoms with Gasteiger partial charge in [-0.05, 0) is 67.1 Å². The Morgan fingerprint density at radius 2 is 1.80 bits per heavy atom. The highest BCUT2D eigenvalue weighted by molar-refractivity contribution is 6.44. The minimum Gasteiger partial charge on any atom is -0.496 e. The summed E-state index contributed by atoms with van der Waals surface area (Å²) in [7, 11) is 1.47. The fraction of sp³-hybridized carbons (Fsp3) is 0.360. The van der Waals surface area contributed by atoms with Crippen molar-refractivity contribution in [3.63, 3.8) is 0 Å². The van der Waals surface area contributed by atoms with Crippen LogP contribution in [0.4, 0.5) is 9.18 Å². The predicted octanol–water partition coefficient (Wildman–Crippen LogP) is 2.73. The molecule has 2 saturated heterocycles. The summed E-state index contributed by atoms with van der Waals surface area (Å²) in [6, 6.07) is 9.99. The highest BCUT2D eigenvalue weighted by Crippen LogP contribution is 2.27. The summed E-state index contributed by atoms with van der Waals surface area (Å²) in [4.78, 5) is 51.0. The molecule has 0 atom stereocenters. The topological polar surface area (TPSA) is 105 Å². The van der Waals surface area contributed by atoms with Gasteiger partial charge in [-0.1, -0.05) is 6.07 Å². The van der Waals surface area contributed by atoms with E-state index in [1.807, 2.05) is 5.32 Å². The average molecular weight is 483 g/mol. The Morgan fingerprint density at radius 1 is 1.09 bits per heavy atom. The van der Waals surface area contributed by atoms with Crippen molar-refractivity contribution >= 4 is 23.8 Å². The molecule has 0 radical (unpaired) electrons. The number of imide groups is 2. The van der Waals surface area contributed by atoms with Gasteiger partial charge in [0.25, 0.3) is 5.91 Å². The van der Waals surface area contributed by atoms with Crippen molar-refractivity contribution in [1.82, 2.24) is 15.1 Å². The molecule has 0 unspecified atom stereocenters. The molecular weight excluding hydrogens is 457 g/mol. The summed E-state index contributed by atoms with van der Waals surface area (Å²) in [6.45, 7) is 1.55.